The van der Waals surface area contributed by atoms with Crippen LogP contribution in [-0.4, -0.2) is 149 Å². The molecule has 0 radical (unpaired) electrons. The second-order valence-electron chi connectivity index (χ2n) is 11.2. The highest BCUT2D eigenvalue weighted by Crippen LogP contribution is 2.09. The Labute approximate surface area is 267 Å². The Kier molecular flexibility index (Phi) is 32.5. The first kappa shape index (κ1) is 42.9. The van der Waals surface area contributed by atoms with Crippen molar-refractivity contribution in [3.05, 3.63) is 0 Å². The van der Waals surface area contributed by atoms with Crippen LogP contribution in [0.3, 0.4) is 0 Å². The standard InChI is InChI=1S/C32H65NO11/c1-6-7-8-9-10-11-13-35-15-17-37-19-21-39-23-25-41-27-29-43-30-28-42-26-24-40-22-20-38-18-16-36-14-12-33(5)31(34)44-32(2,3)4/h6-30H2,1-5H3. The molecule has 0 N–H and O–H groups in total. The fourth-order valence-electron chi connectivity index (χ4n) is 3.48. The van der Waals surface area contributed by atoms with E-state index in [2.05, 4.69) is 6.92 Å². The van der Waals surface area contributed by atoms with Crippen molar-refractivity contribution in [2.45, 2.75) is 71.8 Å². The third-order valence-electron chi connectivity index (χ3n) is 5.89. The Hall–Kier alpha value is -1.09. The molecular weight excluding hydrogens is 574 g/mol. The highest BCUT2D eigenvalue weighted by atomic mass is 16.6. The third kappa shape index (κ3) is 35.4. The zero-order chi connectivity index (χ0) is 32.4. The van der Waals surface area contributed by atoms with Crippen LogP contribution < -0.4 is 0 Å². The molecule has 0 spiro atoms. The fourth-order valence-corrected chi connectivity index (χ4v) is 3.48. The van der Waals surface area contributed by atoms with E-state index in [0.717, 1.165) is 13.0 Å². The molecule has 0 aliphatic rings. The first-order chi connectivity index (χ1) is 21.4. The van der Waals surface area contributed by atoms with Crippen molar-refractivity contribution in [2.24, 2.45) is 0 Å². The van der Waals surface area contributed by atoms with Crippen LogP contribution in [0.15, 0.2) is 0 Å². The average molecular weight is 640 g/mol. The van der Waals surface area contributed by atoms with Gasteiger partial charge < -0.3 is 52.3 Å². The summed E-state index contributed by atoms with van der Waals surface area (Å²) in [4.78, 5) is 13.3. The molecule has 12 heteroatoms. The molecule has 0 saturated heterocycles. The van der Waals surface area contributed by atoms with E-state index in [0.29, 0.717) is 119 Å². The van der Waals surface area contributed by atoms with Gasteiger partial charge in [0.25, 0.3) is 0 Å². The quantitative estimate of drug-likeness (QED) is 0.0936. The molecule has 0 atom stereocenters. The smallest absolute Gasteiger partial charge is 0.410 e. The molecule has 0 unspecified atom stereocenters. The van der Waals surface area contributed by atoms with E-state index in [-0.39, 0.29) is 6.09 Å². The predicted octanol–water partition coefficient (Wildman–Crippen LogP) is 4.36. The average Bonchev–Trinajstić information content (AvgIpc) is 2.98. The summed E-state index contributed by atoms with van der Waals surface area (Å²) in [6.45, 7) is 17.8. The maximum absolute atomic E-state index is 11.8. The molecular formula is C32H65NO11. The molecule has 264 valence electrons. The molecule has 0 bridgehead atoms. The van der Waals surface area contributed by atoms with E-state index in [1.165, 1.54) is 37.0 Å². The van der Waals surface area contributed by atoms with Gasteiger partial charge in [-0.1, -0.05) is 39.0 Å². The molecule has 0 aromatic rings. The molecule has 12 nitrogen and oxygen atoms in total. The summed E-state index contributed by atoms with van der Waals surface area (Å²) in [6.07, 6.45) is 7.31. The number of amides is 1. The molecule has 0 rings (SSSR count). The van der Waals surface area contributed by atoms with E-state index in [1.807, 2.05) is 20.8 Å². The molecule has 0 aromatic heterocycles. The number of hydrogen-bond donors (Lipinski definition) is 0. The zero-order valence-corrected chi connectivity index (χ0v) is 28.6. The minimum atomic E-state index is -0.505. The van der Waals surface area contributed by atoms with Crippen LogP contribution in [0.4, 0.5) is 4.79 Å². The molecule has 1 amide bonds. The van der Waals surface area contributed by atoms with E-state index in [4.69, 9.17) is 47.4 Å². The number of carbonyl (C=O) groups is 1. The fraction of sp³-hybridized carbons (Fsp3) is 0.969. The van der Waals surface area contributed by atoms with Gasteiger partial charge >= 0.3 is 6.09 Å². The number of likely N-dealkylation sites (N-methyl/N-ethyl adjacent to an activating group) is 1. The first-order valence-electron chi connectivity index (χ1n) is 16.5. The van der Waals surface area contributed by atoms with Gasteiger partial charge in [0, 0.05) is 20.2 Å². The Morgan fingerprint density at radius 2 is 0.750 bits per heavy atom. The number of rotatable bonds is 34. The molecule has 44 heavy (non-hydrogen) atoms. The lowest BCUT2D eigenvalue weighted by atomic mass is 10.1. The second-order valence-corrected chi connectivity index (χ2v) is 11.2. The lowest BCUT2D eigenvalue weighted by molar-refractivity contribution is -0.0254. The van der Waals surface area contributed by atoms with Crippen molar-refractivity contribution in [3.8, 4) is 0 Å². The SMILES string of the molecule is CCCCCCCCOCCOCCOCCOCCOCCOCCOCCOCCOCCN(C)C(=O)OC(C)(C)C. The van der Waals surface area contributed by atoms with Gasteiger partial charge in [-0.05, 0) is 27.2 Å². The molecule has 0 heterocycles. The van der Waals surface area contributed by atoms with Crippen LogP contribution in [0.5, 0.6) is 0 Å². The minimum Gasteiger partial charge on any atom is -0.444 e. The van der Waals surface area contributed by atoms with Crippen LogP contribution in [0.1, 0.15) is 66.2 Å². The number of carbonyl (C=O) groups excluding carboxylic acids is 1. The van der Waals surface area contributed by atoms with Gasteiger partial charge in [-0.25, -0.2) is 4.79 Å². The molecule has 0 saturated carbocycles. The van der Waals surface area contributed by atoms with E-state index in [1.54, 1.807) is 7.05 Å². The normalized spacial score (nSPS) is 11.8. The zero-order valence-electron chi connectivity index (χ0n) is 28.6. The Morgan fingerprint density at radius 3 is 1.09 bits per heavy atom. The van der Waals surface area contributed by atoms with Gasteiger partial charge in [-0.15, -0.1) is 0 Å². The maximum atomic E-state index is 11.8. The summed E-state index contributed by atoms with van der Waals surface area (Å²) in [6, 6.07) is 0. The Morgan fingerprint density at radius 1 is 0.455 bits per heavy atom. The lowest BCUT2D eigenvalue weighted by Gasteiger charge is -2.24. The van der Waals surface area contributed by atoms with Crippen molar-refractivity contribution >= 4 is 6.09 Å². The number of nitrogens with zero attached hydrogens (tertiary/aromatic N) is 1. The lowest BCUT2D eigenvalue weighted by Crippen LogP contribution is -2.36. The summed E-state index contributed by atoms with van der Waals surface area (Å²) >= 11 is 0. The number of unbranched alkanes of at least 4 members (excludes halogenated alkanes) is 5. The van der Waals surface area contributed by atoms with Gasteiger partial charge in [0.1, 0.15) is 5.60 Å². The van der Waals surface area contributed by atoms with Crippen LogP contribution in [0.25, 0.3) is 0 Å². The van der Waals surface area contributed by atoms with E-state index < -0.39 is 5.60 Å². The van der Waals surface area contributed by atoms with Gasteiger partial charge in [0.05, 0.1) is 112 Å². The van der Waals surface area contributed by atoms with Crippen molar-refractivity contribution in [3.63, 3.8) is 0 Å². The highest BCUT2D eigenvalue weighted by molar-refractivity contribution is 5.67. The predicted molar refractivity (Wildman–Crippen MR) is 170 cm³/mol. The summed E-state index contributed by atoms with van der Waals surface area (Å²) in [5, 5.41) is 0. The van der Waals surface area contributed by atoms with Crippen LogP contribution in [-0.2, 0) is 47.4 Å². The number of hydrogen-bond acceptors (Lipinski definition) is 11. The van der Waals surface area contributed by atoms with E-state index in [9.17, 15) is 4.79 Å². The van der Waals surface area contributed by atoms with Crippen LogP contribution in [0, 0.1) is 0 Å². The molecule has 0 fully saturated rings. The van der Waals surface area contributed by atoms with Gasteiger partial charge in [0.2, 0.25) is 0 Å². The summed E-state index contributed by atoms with van der Waals surface area (Å²) < 4.78 is 54.7. The summed E-state index contributed by atoms with van der Waals surface area (Å²) in [7, 11) is 1.69. The van der Waals surface area contributed by atoms with Crippen molar-refractivity contribution in [1.82, 2.24) is 4.90 Å². The van der Waals surface area contributed by atoms with Crippen molar-refractivity contribution < 1.29 is 52.2 Å². The Bertz CT molecular complexity index is 593. The number of ether oxygens (including phenoxy) is 10. The van der Waals surface area contributed by atoms with Crippen molar-refractivity contribution in [2.75, 3.05) is 133 Å². The van der Waals surface area contributed by atoms with Crippen LogP contribution >= 0.6 is 0 Å². The largest absolute Gasteiger partial charge is 0.444 e. The Balaban J connectivity index is 3.14. The van der Waals surface area contributed by atoms with Gasteiger partial charge in [-0.3, -0.25) is 0 Å². The van der Waals surface area contributed by atoms with Crippen molar-refractivity contribution in [1.29, 1.82) is 0 Å². The molecule has 0 aliphatic carbocycles. The van der Waals surface area contributed by atoms with Gasteiger partial charge in [0.15, 0.2) is 0 Å². The van der Waals surface area contributed by atoms with E-state index >= 15 is 0 Å². The minimum absolute atomic E-state index is 0.360. The van der Waals surface area contributed by atoms with Crippen LogP contribution in [0.2, 0.25) is 0 Å². The first-order valence-corrected chi connectivity index (χ1v) is 16.5. The third-order valence-corrected chi connectivity index (χ3v) is 5.89. The summed E-state index contributed by atoms with van der Waals surface area (Å²) in [5.74, 6) is 0. The second kappa shape index (κ2) is 33.3. The molecule has 0 aromatic carbocycles. The monoisotopic (exact) mass is 639 g/mol. The highest BCUT2D eigenvalue weighted by Gasteiger charge is 2.19. The molecule has 0 aliphatic heterocycles. The topological polar surface area (TPSA) is 113 Å². The maximum Gasteiger partial charge on any atom is 0.410 e. The van der Waals surface area contributed by atoms with Gasteiger partial charge in [-0.2, -0.15) is 0 Å². The summed E-state index contributed by atoms with van der Waals surface area (Å²) in [5.41, 5.74) is -0.505.